The molecule has 0 saturated carbocycles. The lowest BCUT2D eigenvalue weighted by molar-refractivity contribution is -0.141. The summed E-state index contributed by atoms with van der Waals surface area (Å²) in [6, 6.07) is 7.90. The van der Waals surface area contributed by atoms with Crippen LogP contribution in [0, 0.1) is 0 Å². The number of hydrogen-bond donors (Lipinski definition) is 0. The number of rotatable bonds is 6. The van der Waals surface area contributed by atoms with E-state index in [0.717, 1.165) is 29.6 Å². The Morgan fingerprint density at radius 2 is 2.10 bits per heavy atom. The Labute approximate surface area is 118 Å². The highest BCUT2D eigenvalue weighted by atomic mass is 16.5. The molecule has 20 heavy (non-hydrogen) atoms. The summed E-state index contributed by atoms with van der Waals surface area (Å²) in [4.78, 5) is 13.6. The van der Waals surface area contributed by atoms with Crippen LogP contribution in [0.25, 0.3) is 10.8 Å². The minimum Gasteiger partial charge on any atom is -0.465 e. The van der Waals surface area contributed by atoms with E-state index in [-0.39, 0.29) is 12.5 Å². The van der Waals surface area contributed by atoms with Gasteiger partial charge >= 0.3 is 5.97 Å². The van der Waals surface area contributed by atoms with Crippen molar-refractivity contribution in [1.29, 1.82) is 0 Å². The molecule has 0 spiro atoms. The van der Waals surface area contributed by atoms with Crippen molar-refractivity contribution in [1.82, 2.24) is 10.2 Å². The topological polar surface area (TPSA) is 55.3 Å². The summed E-state index contributed by atoms with van der Waals surface area (Å²) in [5.74, 6) is 0.494. The summed E-state index contributed by atoms with van der Waals surface area (Å²) in [5, 5.41) is 10.2. The van der Waals surface area contributed by atoms with Gasteiger partial charge in [0.2, 0.25) is 0 Å². The van der Waals surface area contributed by atoms with Crippen LogP contribution in [0.15, 0.2) is 30.5 Å². The largest absolute Gasteiger partial charge is 0.465 e. The Kier molecular flexibility index (Phi) is 4.87. The first kappa shape index (κ1) is 14.2. The summed E-state index contributed by atoms with van der Waals surface area (Å²) in [6.07, 6.45) is 2.65. The maximum Gasteiger partial charge on any atom is 0.325 e. The monoisotopic (exact) mass is 273 g/mol. The lowest BCUT2D eigenvalue weighted by Crippen LogP contribution is -2.32. The van der Waals surface area contributed by atoms with Crippen LogP contribution in [-0.2, 0) is 9.53 Å². The molecule has 0 N–H and O–H groups in total. The molecule has 0 aliphatic carbocycles. The Bertz CT molecular complexity index is 581. The van der Waals surface area contributed by atoms with Gasteiger partial charge in [-0.3, -0.25) is 4.79 Å². The Morgan fingerprint density at radius 1 is 1.30 bits per heavy atom. The average Bonchev–Trinajstić information content (AvgIpc) is 2.46. The summed E-state index contributed by atoms with van der Waals surface area (Å²) in [7, 11) is 0. The molecular weight excluding hydrogens is 254 g/mol. The van der Waals surface area contributed by atoms with Crippen LogP contribution in [0.5, 0.6) is 0 Å². The van der Waals surface area contributed by atoms with Crippen molar-refractivity contribution < 1.29 is 9.53 Å². The molecule has 5 nitrogen and oxygen atoms in total. The highest BCUT2D eigenvalue weighted by molar-refractivity contribution is 5.92. The van der Waals surface area contributed by atoms with Crippen molar-refractivity contribution in [2.75, 3.05) is 24.6 Å². The number of ether oxygens (including phenoxy) is 1. The molecule has 0 amide bonds. The van der Waals surface area contributed by atoms with Crippen molar-refractivity contribution in [3.8, 4) is 0 Å². The molecule has 106 valence electrons. The van der Waals surface area contributed by atoms with Crippen molar-refractivity contribution >= 4 is 22.6 Å². The fourth-order valence-electron chi connectivity index (χ4n) is 2.14. The summed E-state index contributed by atoms with van der Waals surface area (Å²) in [5.41, 5.74) is 0. The predicted molar refractivity (Wildman–Crippen MR) is 78.7 cm³/mol. The van der Waals surface area contributed by atoms with Crippen LogP contribution >= 0.6 is 0 Å². The predicted octanol–water partition coefficient (Wildman–Crippen LogP) is 2.41. The van der Waals surface area contributed by atoms with E-state index in [4.69, 9.17) is 4.74 Å². The molecule has 1 aromatic heterocycles. The second kappa shape index (κ2) is 6.84. The maximum atomic E-state index is 11.7. The smallest absolute Gasteiger partial charge is 0.325 e. The number of benzene rings is 1. The minimum atomic E-state index is -0.240. The van der Waals surface area contributed by atoms with Gasteiger partial charge in [0, 0.05) is 17.3 Å². The zero-order chi connectivity index (χ0) is 14.4. The number of anilines is 1. The molecule has 0 aliphatic heterocycles. The van der Waals surface area contributed by atoms with Gasteiger partial charge in [-0.1, -0.05) is 31.2 Å². The Hall–Kier alpha value is -2.17. The third kappa shape index (κ3) is 3.23. The number of aromatic nitrogens is 2. The molecule has 0 aliphatic rings. The van der Waals surface area contributed by atoms with E-state index >= 15 is 0 Å². The molecule has 0 atom stereocenters. The van der Waals surface area contributed by atoms with Gasteiger partial charge in [-0.2, -0.15) is 5.10 Å². The first-order chi connectivity index (χ1) is 9.76. The van der Waals surface area contributed by atoms with E-state index in [1.54, 1.807) is 13.1 Å². The molecular formula is C15H19N3O2. The number of hydrogen-bond acceptors (Lipinski definition) is 5. The van der Waals surface area contributed by atoms with E-state index in [1.807, 2.05) is 29.2 Å². The first-order valence-corrected chi connectivity index (χ1v) is 6.87. The molecule has 1 heterocycles. The highest BCUT2D eigenvalue weighted by Gasteiger charge is 2.15. The van der Waals surface area contributed by atoms with E-state index in [0.29, 0.717) is 6.61 Å². The van der Waals surface area contributed by atoms with Gasteiger partial charge in [-0.15, -0.1) is 5.10 Å². The van der Waals surface area contributed by atoms with Crippen molar-refractivity contribution in [2.24, 2.45) is 0 Å². The van der Waals surface area contributed by atoms with Crippen LogP contribution in [-0.4, -0.2) is 35.9 Å². The molecule has 0 saturated heterocycles. The van der Waals surface area contributed by atoms with Crippen molar-refractivity contribution in [3.05, 3.63) is 30.5 Å². The average molecular weight is 273 g/mol. The van der Waals surface area contributed by atoms with Gasteiger partial charge in [-0.25, -0.2) is 0 Å². The molecule has 5 heteroatoms. The van der Waals surface area contributed by atoms with Crippen LogP contribution in [0.4, 0.5) is 5.82 Å². The van der Waals surface area contributed by atoms with Crippen LogP contribution < -0.4 is 4.90 Å². The quantitative estimate of drug-likeness (QED) is 0.756. The van der Waals surface area contributed by atoms with Crippen molar-refractivity contribution in [2.45, 2.75) is 20.3 Å². The van der Waals surface area contributed by atoms with Gasteiger partial charge in [0.15, 0.2) is 5.82 Å². The lowest BCUT2D eigenvalue weighted by Gasteiger charge is -2.22. The zero-order valence-electron chi connectivity index (χ0n) is 11.9. The normalized spacial score (nSPS) is 10.5. The maximum absolute atomic E-state index is 11.7. The fraction of sp³-hybridized carbons (Fsp3) is 0.400. The first-order valence-electron chi connectivity index (χ1n) is 6.87. The molecule has 0 fully saturated rings. The van der Waals surface area contributed by atoms with E-state index in [2.05, 4.69) is 17.1 Å². The SMILES string of the molecule is CCCN(CC(=O)OCC)c1nncc2ccccc12. The molecule has 1 aromatic carbocycles. The number of fused-ring (bicyclic) bond motifs is 1. The van der Waals surface area contributed by atoms with Crippen molar-refractivity contribution in [3.63, 3.8) is 0 Å². The Morgan fingerprint density at radius 3 is 2.85 bits per heavy atom. The number of carbonyl (C=O) groups is 1. The minimum absolute atomic E-state index is 0.199. The number of carbonyl (C=O) groups excluding carboxylic acids is 1. The van der Waals surface area contributed by atoms with Crippen LogP contribution in [0.2, 0.25) is 0 Å². The van der Waals surface area contributed by atoms with Gasteiger partial charge in [-0.05, 0) is 13.3 Å². The lowest BCUT2D eigenvalue weighted by atomic mass is 10.2. The second-order valence-corrected chi connectivity index (χ2v) is 4.48. The van der Waals surface area contributed by atoms with Gasteiger partial charge in [0.25, 0.3) is 0 Å². The van der Waals surface area contributed by atoms with Gasteiger partial charge in [0.1, 0.15) is 6.54 Å². The zero-order valence-corrected chi connectivity index (χ0v) is 11.9. The van der Waals surface area contributed by atoms with E-state index < -0.39 is 0 Å². The Balaban J connectivity index is 2.33. The third-order valence-electron chi connectivity index (χ3n) is 2.97. The van der Waals surface area contributed by atoms with Gasteiger partial charge in [0.05, 0.1) is 12.8 Å². The number of esters is 1. The molecule has 0 radical (unpaired) electrons. The molecule has 0 unspecified atom stereocenters. The summed E-state index contributed by atoms with van der Waals surface area (Å²) < 4.78 is 5.02. The van der Waals surface area contributed by atoms with E-state index in [1.165, 1.54) is 0 Å². The summed E-state index contributed by atoms with van der Waals surface area (Å²) >= 11 is 0. The highest BCUT2D eigenvalue weighted by Crippen LogP contribution is 2.23. The number of nitrogens with zero attached hydrogens (tertiary/aromatic N) is 3. The van der Waals surface area contributed by atoms with E-state index in [9.17, 15) is 4.79 Å². The van der Waals surface area contributed by atoms with Crippen LogP contribution in [0.1, 0.15) is 20.3 Å². The molecule has 2 rings (SSSR count). The molecule has 2 aromatic rings. The van der Waals surface area contributed by atoms with Gasteiger partial charge < -0.3 is 9.64 Å². The fourth-order valence-corrected chi connectivity index (χ4v) is 2.14. The summed E-state index contributed by atoms with van der Waals surface area (Å²) in [6.45, 7) is 5.20. The standard InChI is InChI=1S/C15H19N3O2/c1-3-9-18(11-14(19)20-4-2)15-13-8-6-5-7-12(13)10-16-17-15/h5-8,10H,3-4,9,11H2,1-2H3. The second-order valence-electron chi connectivity index (χ2n) is 4.48. The molecule has 0 bridgehead atoms. The third-order valence-corrected chi connectivity index (χ3v) is 2.97. The van der Waals surface area contributed by atoms with Crippen LogP contribution in [0.3, 0.4) is 0 Å².